The molecule has 20 heavy (non-hydrogen) atoms. The van der Waals surface area contributed by atoms with E-state index in [1.54, 1.807) is 6.92 Å². The number of nitrogens with zero attached hydrogens (tertiary/aromatic N) is 4. The number of ether oxygens (including phenoxy) is 1. The van der Waals surface area contributed by atoms with Gasteiger partial charge in [-0.05, 0) is 35.9 Å². The van der Waals surface area contributed by atoms with Crippen molar-refractivity contribution in [1.82, 2.24) is 19.8 Å². The number of alkyl halides is 1. The molecule has 0 amide bonds. The molecule has 6 nitrogen and oxygen atoms in total. The van der Waals surface area contributed by atoms with Crippen molar-refractivity contribution in [2.75, 3.05) is 6.61 Å². The average molecular weight is 284 g/mol. The Morgan fingerprint density at radius 3 is 2.65 bits per heavy atom. The Morgan fingerprint density at radius 1 is 1.40 bits per heavy atom. The summed E-state index contributed by atoms with van der Waals surface area (Å²) in [4.78, 5) is 11.8. The fourth-order valence-electron chi connectivity index (χ4n) is 1.60. The molecule has 1 aromatic heterocycles. The lowest BCUT2D eigenvalue weighted by molar-refractivity contribution is 0.208. The molecule has 0 aliphatic rings. The molecule has 0 aliphatic heterocycles. The van der Waals surface area contributed by atoms with E-state index in [0.717, 1.165) is 15.4 Å². The van der Waals surface area contributed by atoms with Gasteiger partial charge in [0.1, 0.15) is 30.0 Å². The molecule has 2 aromatic rings. The molecule has 0 bridgehead atoms. The van der Waals surface area contributed by atoms with E-state index in [9.17, 15) is 13.6 Å². The quantitative estimate of drug-likeness (QED) is 0.845. The van der Waals surface area contributed by atoms with E-state index < -0.39 is 17.7 Å². The number of hydrogen-bond donors (Lipinski definition) is 0. The number of aryl methyl sites for hydroxylation is 2. The molecule has 0 saturated heterocycles. The lowest BCUT2D eigenvalue weighted by atomic mass is 10.2. The molecular formula is C12H14F2N4O2. The van der Waals surface area contributed by atoms with E-state index in [4.69, 9.17) is 4.74 Å². The average Bonchev–Trinajstić information content (AvgIpc) is 2.71. The third-order valence-corrected chi connectivity index (χ3v) is 2.66. The van der Waals surface area contributed by atoms with Crippen LogP contribution in [0, 0.1) is 12.7 Å². The Hall–Kier alpha value is -2.25. The van der Waals surface area contributed by atoms with Gasteiger partial charge in [0, 0.05) is 13.1 Å². The maximum atomic E-state index is 13.6. The minimum atomic E-state index is -1.22. The number of aromatic nitrogens is 4. The van der Waals surface area contributed by atoms with E-state index in [2.05, 4.69) is 10.4 Å². The Balaban J connectivity index is 2.52. The van der Waals surface area contributed by atoms with E-state index in [1.165, 1.54) is 20.0 Å². The summed E-state index contributed by atoms with van der Waals surface area (Å²) >= 11 is 0. The highest BCUT2D eigenvalue weighted by atomic mass is 19.1. The summed E-state index contributed by atoms with van der Waals surface area (Å²) in [5, 5.41) is 7.24. The SMILES string of the molecule is Cc1cc(-n2nnn(C)c2=O)c(OC[C@H](C)F)cc1F. The van der Waals surface area contributed by atoms with Crippen LogP contribution >= 0.6 is 0 Å². The first-order chi connectivity index (χ1) is 9.40. The summed E-state index contributed by atoms with van der Waals surface area (Å²) in [6.07, 6.45) is -1.22. The highest BCUT2D eigenvalue weighted by Crippen LogP contribution is 2.25. The molecule has 0 radical (unpaired) electrons. The van der Waals surface area contributed by atoms with Crippen molar-refractivity contribution in [3.8, 4) is 11.4 Å². The minimum Gasteiger partial charge on any atom is -0.488 e. The molecule has 0 fully saturated rings. The molecule has 8 heteroatoms. The summed E-state index contributed by atoms with van der Waals surface area (Å²) in [5.74, 6) is -0.465. The zero-order chi connectivity index (χ0) is 14.9. The van der Waals surface area contributed by atoms with Gasteiger partial charge < -0.3 is 4.74 Å². The van der Waals surface area contributed by atoms with E-state index >= 15 is 0 Å². The highest BCUT2D eigenvalue weighted by Gasteiger charge is 2.16. The van der Waals surface area contributed by atoms with Crippen molar-refractivity contribution in [3.63, 3.8) is 0 Å². The smallest absolute Gasteiger partial charge is 0.368 e. The molecule has 1 atom stereocenters. The van der Waals surface area contributed by atoms with Crippen molar-refractivity contribution in [1.29, 1.82) is 0 Å². The third kappa shape index (κ3) is 2.68. The topological polar surface area (TPSA) is 61.9 Å². The first-order valence-electron chi connectivity index (χ1n) is 5.96. The summed E-state index contributed by atoms with van der Waals surface area (Å²) < 4.78 is 33.7. The summed E-state index contributed by atoms with van der Waals surface area (Å²) in [5.41, 5.74) is 0.0370. The number of halogens is 2. The molecule has 0 unspecified atom stereocenters. The monoisotopic (exact) mass is 284 g/mol. The van der Waals surface area contributed by atoms with Crippen molar-refractivity contribution >= 4 is 0 Å². The minimum absolute atomic E-state index is 0.0419. The zero-order valence-electron chi connectivity index (χ0n) is 11.3. The van der Waals surface area contributed by atoms with Gasteiger partial charge in [-0.3, -0.25) is 0 Å². The summed E-state index contributed by atoms with van der Waals surface area (Å²) in [6.45, 7) is 2.62. The second-order valence-corrected chi connectivity index (χ2v) is 4.46. The third-order valence-electron chi connectivity index (χ3n) is 2.66. The van der Waals surface area contributed by atoms with Crippen molar-refractivity contribution in [2.24, 2.45) is 7.05 Å². The number of rotatable bonds is 4. The van der Waals surface area contributed by atoms with Crippen molar-refractivity contribution < 1.29 is 13.5 Å². The summed E-state index contributed by atoms with van der Waals surface area (Å²) in [6, 6.07) is 2.51. The zero-order valence-corrected chi connectivity index (χ0v) is 11.3. The Morgan fingerprint density at radius 2 is 2.10 bits per heavy atom. The molecular weight excluding hydrogens is 270 g/mol. The lowest BCUT2D eigenvalue weighted by Crippen LogP contribution is -2.23. The van der Waals surface area contributed by atoms with Crippen LogP contribution in [0.1, 0.15) is 12.5 Å². The fraction of sp³-hybridized carbons (Fsp3) is 0.417. The van der Waals surface area contributed by atoms with Gasteiger partial charge in [-0.25, -0.2) is 13.6 Å². The van der Waals surface area contributed by atoms with Gasteiger partial charge in [0.15, 0.2) is 0 Å². The van der Waals surface area contributed by atoms with Gasteiger partial charge >= 0.3 is 5.69 Å². The molecule has 0 N–H and O–H groups in total. The van der Waals surface area contributed by atoms with Gasteiger partial charge in [0.2, 0.25) is 0 Å². The second-order valence-electron chi connectivity index (χ2n) is 4.46. The van der Waals surface area contributed by atoms with Crippen LogP contribution in [-0.2, 0) is 7.05 Å². The predicted molar refractivity (Wildman–Crippen MR) is 67.4 cm³/mol. The molecule has 108 valence electrons. The standard InChI is InChI=1S/C12H14F2N4O2/c1-7-4-10(18-12(19)17(3)15-16-18)11(5-9(7)14)20-6-8(2)13/h4-5,8H,6H2,1-3H3/t8-/m0/s1. The van der Waals surface area contributed by atoms with E-state index in [1.807, 2.05) is 0 Å². The maximum absolute atomic E-state index is 13.6. The molecule has 2 rings (SSSR count). The second kappa shape index (κ2) is 5.40. The highest BCUT2D eigenvalue weighted by molar-refractivity contribution is 5.48. The van der Waals surface area contributed by atoms with Crippen LogP contribution in [0.3, 0.4) is 0 Å². The van der Waals surface area contributed by atoms with Crippen LogP contribution in [0.4, 0.5) is 8.78 Å². The molecule has 1 aromatic carbocycles. The van der Waals surface area contributed by atoms with Crippen LogP contribution < -0.4 is 10.4 Å². The van der Waals surface area contributed by atoms with Crippen LogP contribution in [0.15, 0.2) is 16.9 Å². The van der Waals surface area contributed by atoms with Gasteiger partial charge in [0.05, 0.1) is 0 Å². The maximum Gasteiger partial charge on any atom is 0.368 e. The van der Waals surface area contributed by atoms with Gasteiger partial charge in [0.25, 0.3) is 0 Å². The first kappa shape index (κ1) is 14.2. The van der Waals surface area contributed by atoms with Crippen LogP contribution in [0.5, 0.6) is 5.75 Å². The first-order valence-corrected chi connectivity index (χ1v) is 5.96. The molecule has 0 spiro atoms. The predicted octanol–water partition coefficient (Wildman–Crippen LogP) is 1.15. The number of tetrazole rings is 1. The van der Waals surface area contributed by atoms with Crippen LogP contribution in [0.25, 0.3) is 5.69 Å². The van der Waals surface area contributed by atoms with E-state index in [0.29, 0.717) is 5.56 Å². The molecule has 0 aliphatic carbocycles. The normalized spacial score (nSPS) is 12.4. The van der Waals surface area contributed by atoms with Crippen molar-refractivity contribution in [3.05, 3.63) is 34.0 Å². The lowest BCUT2D eigenvalue weighted by Gasteiger charge is -2.12. The fourth-order valence-corrected chi connectivity index (χ4v) is 1.60. The van der Waals surface area contributed by atoms with Gasteiger partial charge in [-0.15, -0.1) is 0 Å². The molecule has 0 saturated carbocycles. The van der Waals surface area contributed by atoms with Crippen molar-refractivity contribution in [2.45, 2.75) is 20.0 Å². The van der Waals surface area contributed by atoms with Crippen LogP contribution in [0.2, 0.25) is 0 Å². The van der Waals surface area contributed by atoms with E-state index in [-0.39, 0.29) is 18.0 Å². The number of hydrogen-bond acceptors (Lipinski definition) is 4. The summed E-state index contributed by atoms with van der Waals surface area (Å²) in [7, 11) is 1.44. The van der Waals surface area contributed by atoms with Gasteiger partial charge in [-0.2, -0.15) is 9.36 Å². The number of benzene rings is 1. The largest absolute Gasteiger partial charge is 0.488 e. The Kier molecular flexibility index (Phi) is 3.82. The molecule has 1 heterocycles. The van der Waals surface area contributed by atoms with Crippen LogP contribution in [-0.4, -0.2) is 32.6 Å². The van der Waals surface area contributed by atoms with Gasteiger partial charge in [-0.1, -0.05) is 0 Å². The Labute approximate surface area is 113 Å². The Bertz CT molecular complexity index is 679.